The molecule has 0 bridgehead atoms. The third-order valence-electron chi connectivity index (χ3n) is 4.55. The molecule has 34 heavy (non-hydrogen) atoms. The zero-order valence-corrected chi connectivity index (χ0v) is 20.1. The summed E-state index contributed by atoms with van der Waals surface area (Å²) in [6.45, 7) is 6.34. The number of amides is 4. The van der Waals surface area contributed by atoms with Crippen molar-refractivity contribution in [3.05, 3.63) is 0 Å². The number of carbonyl (C=O) groups excluding carboxylic acids is 4. The van der Waals surface area contributed by atoms with Crippen LogP contribution in [-0.2, 0) is 24.0 Å². The number of hydrogen-bond donors (Lipinski definition) is 9. The van der Waals surface area contributed by atoms with Crippen molar-refractivity contribution >= 4 is 35.6 Å². The summed E-state index contributed by atoms with van der Waals surface area (Å²) in [4.78, 5) is 60.3. The van der Waals surface area contributed by atoms with Crippen molar-refractivity contribution in [3.63, 3.8) is 0 Å². The maximum absolute atomic E-state index is 12.7. The minimum Gasteiger partial charge on any atom is -0.480 e. The number of nitrogens with two attached hydrogens (primary N) is 2. The van der Waals surface area contributed by atoms with Gasteiger partial charge >= 0.3 is 5.97 Å². The molecule has 0 heterocycles. The van der Waals surface area contributed by atoms with Crippen LogP contribution in [0.15, 0.2) is 0 Å². The molecule has 0 aromatic heterocycles. The Hall–Kier alpha value is -3.42. The van der Waals surface area contributed by atoms with Crippen LogP contribution in [0.2, 0.25) is 0 Å². The van der Waals surface area contributed by atoms with Gasteiger partial charge in [-0.2, -0.15) is 0 Å². The molecule has 194 valence electrons. The Morgan fingerprint density at radius 3 is 2.00 bits per heavy atom. The Kier molecular flexibility index (Phi) is 13.9. The van der Waals surface area contributed by atoms with E-state index in [0.717, 1.165) is 0 Å². The summed E-state index contributed by atoms with van der Waals surface area (Å²) in [6, 6.07) is -4.05. The number of hydrogen-bond acceptors (Lipinski definition) is 7. The number of guanidine groups is 1. The largest absolute Gasteiger partial charge is 0.480 e. The van der Waals surface area contributed by atoms with Crippen molar-refractivity contribution in [2.24, 2.45) is 17.4 Å². The molecular formula is C20H38N8O6. The van der Waals surface area contributed by atoms with Gasteiger partial charge in [-0.1, -0.05) is 13.8 Å². The zero-order chi connectivity index (χ0) is 26.4. The monoisotopic (exact) mass is 486 g/mol. The first-order valence-electron chi connectivity index (χ1n) is 11.0. The van der Waals surface area contributed by atoms with Crippen LogP contribution in [0.1, 0.15) is 47.0 Å². The second-order valence-electron chi connectivity index (χ2n) is 8.37. The van der Waals surface area contributed by atoms with Crippen LogP contribution >= 0.6 is 0 Å². The van der Waals surface area contributed by atoms with Gasteiger partial charge in [0.25, 0.3) is 0 Å². The smallest absolute Gasteiger partial charge is 0.326 e. The first-order chi connectivity index (χ1) is 15.7. The number of carbonyl (C=O) groups is 5. The topological polar surface area (TPSA) is 242 Å². The van der Waals surface area contributed by atoms with E-state index < -0.39 is 60.3 Å². The lowest BCUT2D eigenvalue weighted by Crippen LogP contribution is -2.55. The molecule has 0 unspecified atom stereocenters. The molecule has 14 heteroatoms. The van der Waals surface area contributed by atoms with E-state index in [0.29, 0.717) is 6.42 Å². The Balaban J connectivity index is 5.09. The summed E-state index contributed by atoms with van der Waals surface area (Å²) in [5.74, 6) is -3.95. The fraction of sp³-hybridized carbons (Fsp3) is 0.700. The minimum absolute atomic E-state index is 0.0252. The second kappa shape index (κ2) is 15.4. The van der Waals surface area contributed by atoms with Gasteiger partial charge in [-0.05, 0) is 39.0 Å². The molecule has 0 spiro atoms. The zero-order valence-electron chi connectivity index (χ0n) is 20.1. The Labute approximate surface area is 198 Å². The van der Waals surface area contributed by atoms with Crippen molar-refractivity contribution in [2.75, 3.05) is 13.1 Å². The van der Waals surface area contributed by atoms with E-state index in [1.165, 1.54) is 13.8 Å². The highest BCUT2D eigenvalue weighted by Crippen LogP contribution is 2.05. The van der Waals surface area contributed by atoms with Crippen molar-refractivity contribution < 1.29 is 29.1 Å². The summed E-state index contributed by atoms with van der Waals surface area (Å²) >= 11 is 0. The van der Waals surface area contributed by atoms with E-state index in [-0.39, 0.29) is 31.3 Å². The molecule has 0 saturated carbocycles. The van der Waals surface area contributed by atoms with Crippen LogP contribution in [0.25, 0.3) is 0 Å². The van der Waals surface area contributed by atoms with Gasteiger partial charge < -0.3 is 43.2 Å². The molecule has 0 aliphatic heterocycles. The van der Waals surface area contributed by atoms with Crippen LogP contribution < -0.4 is 38.1 Å². The van der Waals surface area contributed by atoms with E-state index in [9.17, 15) is 29.1 Å². The number of aliphatic carboxylic acids is 1. The summed E-state index contributed by atoms with van der Waals surface area (Å²) in [6.07, 6.45) is 0.704. The molecule has 0 aliphatic carbocycles. The Morgan fingerprint density at radius 2 is 1.50 bits per heavy atom. The molecule has 0 fully saturated rings. The summed E-state index contributed by atoms with van der Waals surface area (Å²) in [5.41, 5.74) is 10.6. The average Bonchev–Trinajstić information content (AvgIpc) is 2.72. The van der Waals surface area contributed by atoms with Crippen LogP contribution in [-0.4, -0.2) is 77.9 Å². The first-order valence-corrected chi connectivity index (χ1v) is 11.0. The lowest BCUT2D eigenvalue weighted by atomic mass is 10.0. The summed E-state index contributed by atoms with van der Waals surface area (Å²) in [5, 5.41) is 28.7. The van der Waals surface area contributed by atoms with E-state index >= 15 is 0 Å². The fourth-order valence-corrected chi connectivity index (χ4v) is 2.74. The van der Waals surface area contributed by atoms with Crippen LogP contribution in [0.4, 0.5) is 0 Å². The maximum atomic E-state index is 12.7. The predicted molar refractivity (Wildman–Crippen MR) is 124 cm³/mol. The quantitative estimate of drug-likeness (QED) is 0.0664. The Morgan fingerprint density at radius 1 is 0.882 bits per heavy atom. The van der Waals surface area contributed by atoms with Crippen molar-refractivity contribution in [3.8, 4) is 0 Å². The minimum atomic E-state index is -1.18. The lowest BCUT2D eigenvalue weighted by Gasteiger charge is -2.23. The van der Waals surface area contributed by atoms with Crippen molar-refractivity contribution in [1.29, 1.82) is 5.41 Å². The number of rotatable bonds is 15. The molecular weight excluding hydrogens is 448 g/mol. The second-order valence-corrected chi connectivity index (χ2v) is 8.37. The average molecular weight is 487 g/mol. The van der Waals surface area contributed by atoms with Gasteiger partial charge in [0.05, 0.1) is 12.6 Å². The van der Waals surface area contributed by atoms with Crippen LogP contribution in [0, 0.1) is 11.3 Å². The molecule has 4 amide bonds. The number of carboxylic acid groups (broad SMARTS) is 1. The fourth-order valence-electron chi connectivity index (χ4n) is 2.74. The molecule has 0 aromatic carbocycles. The van der Waals surface area contributed by atoms with E-state index in [2.05, 4.69) is 26.6 Å². The normalized spacial score (nSPS) is 14.2. The predicted octanol–water partition coefficient (Wildman–Crippen LogP) is -2.68. The highest BCUT2D eigenvalue weighted by molar-refractivity contribution is 5.94. The SMILES string of the molecule is CC(C)C[C@H](NC(=O)[C@H](C)NC(=O)[C@H](CCCNC(=N)N)NC(=O)CNC(=O)[C@H](C)N)C(=O)O. The molecule has 0 saturated heterocycles. The van der Waals surface area contributed by atoms with Gasteiger partial charge in [0.2, 0.25) is 23.6 Å². The van der Waals surface area contributed by atoms with E-state index in [4.69, 9.17) is 16.9 Å². The van der Waals surface area contributed by atoms with Gasteiger partial charge in [-0.3, -0.25) is 24.6 Å². The molecule has 4 atom stereocenters. The Bertz CT molecular complexity index is 743. The number of nitrogens with one attached hydrogen (secondary N) is 6. The summed E-state index contributed by atoms with van der Waals surface area (Å²) in [7, 11) is 0. The van der Waals surface area contributed by atoms with Gasteiger partial charge in [0.1, 0.15) is 18.1 Å². The molecule has 14 nitrogen and oxygen atoms in total. The number of carboxylic acids is 1. The van der Waals surface area contributed by atoms with Crippen molar-refractivity contribution in [1.82, 2.24) is 26.6 Å². The molecule has 11 N–H and O–H groups in total. The maximum Gasteiger partial charge on any atom is 0.326 e. The van der Waals surface area contributed by atoms with E-state index in [1.807, 2.05) is 13.8 Å². The highest BCUT2D eigenvalue weighted by Gasteiger charge is 2.27. The molecule has 0 aromatic rings. The van der Waals surface area contributed by atoms with Crippen LogP contribution in [0.5, 0.6) is 0 Å². The standard InChI is InChI=1S/C20H38N8O6/c1-10(2)8-14(19(33)34)28-17(31)12(4)26-18(32)13(6-5-7-24-20(22)23)27-15(29)9-25-16(30)11(3)21/h10-14H,5-9,21H2,1-4H3,(H,25,30)(H,26,32)(H,27,29)(H,28,31)(H,33,34)(H4,22,23,24)/t11-,12-,13-,14-/m0/s1. The molecule has 0 aliphatic rings. The highest BCUT2D eigenvalue weighted by atomic mass is 16.4. The molecule has 0 rings (SSSR count). The van der Waals surface area contributed by atoms with Crippen LogP contribution in [0.3, 0.4) is 0 Å². The lowest BCUT2D eigenvalue weighted by molar-refractivity contribution is -0.142. The first kappa shape index (κ1) is 30.6. The van der Waals surface area contributed by atoms with Gasteiger partial charge in [-0.25, -0.2) is 4.79 Å². The van der Waals surface area contributed by atoms with Gasteiger partial charge in [0.15, 0.2) is 5.96 Å². The van der Waals surface area contributed by atoms with E-state index in [1.54, 1.807) is 0 Å². The third kappa shape index (κ3) is 13.2. The summed E-state index contributed by atoms with van der Waals surface area (Å²) < 4.78 is 0. The molecule has 0 radical (unpaired) electrons. The van der Waals surface area contributed by atoms with Crippen molar-refractivity contribution in [2.45, 2.75) is 71.1 Å². The van der Waals surface area contributed by atoms with Gasteiger partial charge in [0, 0.05) is 6.54 Å². The van der Waals surface area contributed by atoms with Gasteiger partial charge in [-0.15, -0.1) is 0 Å². The third-order valence-corrected chi connectivity index (χ3v) is 4.55.